The summed E-state index contributed by atoms with van der Waals surface area (Å²) in [6, 6.07) is 2.35. The highest BCUT2D eigenvalue weighted by Crippen LogP contribution is 2.28. The fourth-order valence-corrected chi connectivity index (χ4v) is 1.60. The molecule has 0 atom stereocenters. The minimum absolute atomic E-state index is 0.521. The van der Waals surface area contributed by atoms with Gasteiger partial charge in [-0.2, -0.15) is 25.8 Å². The Hall–Kier alpha value is -0.360. The summed E-state index contributed by atoms with van der Waals surface area (Å²) in [4.78, 5) is 3.97. The molecule has 1 aromatic rings. The molecule has 0 saturated carbocycles. The molecule has 0 radical (unpaired) electrons. The molecule has 0 N–H and O–H groups in total. The van der Waals surface area contributed by atoms with Crippen molar-refractivity contribution in [2.45, 2.75) is 11.1 Å². The van der Waals surface area contributed by atoms with Crippen LogP contribution >= 0.6 is 24.4 Å². The number of hydrogen-bond acceptors (Lipinski definition) is 3. The summed E-state index contributed by atoms with van der Waals surface area (Å²) in [5.74, 6) is 0. The summed E-state index contributed by atoms with van der Waals surface area (Å²) in [6.45, 7) is 0. The lowest BCUT2D eigenvalue weighted by Gasteiger charge is -2.05. The average molecular weight is 225 g/mol. The fraction of sp³-hybridized carbons (Fsp3) is 0.286. The molecule has 1 rings (SSSR count). The number of thiol groups is 1. The van der Waals surface area contributed by atoms with E-state index in [1.165, 1.54) is 24.0 Å². The number of rotatable bonds is 2. The number of nitrogens with zero attached hydrogens (tertiary/aromatic N) is 1. The summed E-state index contributed by atoms with van der Waals surface area (Å²) >= 11 is 5.26. The van der Waals surface area contributed by atoms with Crippen molar-refractivity contribution in [3.05, 3.63) is 24.0 Å². The normalized spacial score (nSPS) is 11.7. The molecule has 6 heteroatoms. The lowest BCUT2D eigenvalue weighted by atomic mass is 10.3. The van der Waals surface area contributed by atoms with Crippen molar-refractivity contribution in [2.24, 2.45) is 0 Å². The van der Waals surface area contributed by atoms with Gasteiger partial charge in [0.15, 0.2) is 0 Å². The van der Waals surface area contributed by atoms with Crippen LogP contribution in [-0.4, -0.2) is 10.1 Å². The maximum absolute atomic E-state index is 12.0. The van der Waals surface area contributed by atoms with Crippen LogP contribution in [0.15, 0.2) is 23.2 Å². The van der Waals surface area contributed by atoms with E-state index in [4.69, 9.17) is 0 Å². The van der Waals surface area contributed by atoms with Crippen LogP contribution in [0.5, 0.6) is 0 Å². The van der Waals surface area contributed by atoms with Crippen molar-refractivity contribution >= 4 is 24.4 Å². The molecule has 0 saturated heterocycles. The van der Waals surface area contributed by atoms with Crippen LogP contribution in [0.3, 0.4) is 0 Å². The molecular formula is C7H6F3NS2. The molecule has 0 spiro atoms. The van der Waals surface area contributed by atoms with Gasteiger partial charge in [0.05, 0.1) is 0 Å². The highest BCUT2D eigenvalue weighted by atomic mass is 32.2. The minimum Gasteiger partial charge on any atom is -0.251 e. The van der Waals surface area contributed by atoms with E-state index in [2.05, 4.69) is 17.6 Å². The van der Waals surface area contributed by atoms with Crippen LogP contribution in [-0.2, 0) is 6.18 Å². The second-order valence-electron chi connectivity index (χ2n) is 2.15. The Balaban J connectivity index is 2.81. The van der Waals surface area contributed by atoms with E-state index in [0.29, 0.717) is 9.98 Å². The highest BCUT2D eigenvalue weighted by molar-refractivity contribution is 8.09. The minimum atomic E-state index is -4.36. The van der Waals surface area contributed by atoms with E-state index in [1.54, 1.807) is 0 Å². The molecular weight excluding hydrogens is 219 g/mol. The number of pyridine rings is 1. The van der Waals surface area contributed by atoms with E-state index in [9.17, 15) is 13.2 Å². The summed E-state index contributed by atoms with van der Waals surface area (Å²) in [5, 5.41) is 0.521. The zero-order chi connectivity index (χ0) is 9.90. The number of halogens is 3. The van der Waals surface area contributed by atoms with E-state index in [0.717, 1.165) is 6.07 Å². The van der Waals surface area contributed by atoms with Crippen LogP contribution in [0.4, 0.5) is 13.2 Å². The monoisotopic (exact) mass is 225 g/mol. The molecule has 0 bridgehead atoms. The van der Waals surface area contributed by atoms with Crippen LogP contribution < -0.4 is 0 Å². The third-order valence-electron chi connectivity index (χ3n) is 1.26. The molecule has 0 aliphatic carbocycles. The zero-order valence-electron chi connectivity index (χ0n) is 6.38. The van der Waals surface area contributed by atoms with Gasteiger partial charge in [-0.15, -0.1) is 11.8 Å². The molecule has 1 heterocycles. The molecule has 13 heavy (non-hydrogen) atoms. The van der Waals surface area contributed by atoms with E-state index >= 15 is 0 Å². The maximum atomic E-state index is 12.0. The van der Waals surface area contributed by atoms with Gasteiger partial charge < -0.3 is 0 Å². The third kappa shape index (κ3) is 3.11. The maximum Gasteiger partial charge on any atom is 0.433 e. The first kappa shape index (κ1) is 10.7. The summed E-state index contributed by atoms with van der Waals surface area (Å²) < 4.78 is 36.1. The summed E-state index contributed by atoms with van der Waals surface area (Å²) in [7, 11) is 0. The standard InChI is InChI=1S/C7H6F3NS2/c8-7(9,10)6-2-1-5(3-11-6)13-4-12/h1-3,12H,4H2. The first-order valence-corrected chi connectivity index (χ1v) is 4.93. The van der Waals surface area contributed by atoms with Crippen molar-refractivity contribution < 1.29 is 13.2 Å². The van der Waals surface area contributed by atoms with Crippen molar-refractivity contribution in [3.8, 4) is 0 Å². The van der Waals surface area contributed by atoms with Gasteiger partial charge in [-0.05, 0) is 12.1 Å². The Labute approximate surface area is 83.2 Å². The molecule has 1 nitrogen and oxygen atoms in total. The van der Waals surface area contributed by atoms with Crippen LogP contribution in [0.25, 0.3) is 0 Å². The first-order valence-electron chi connectivity index (χ1n) is 3.31. The molecule has 0 aliphatic rings. The average Bonchev–Trinajstić information content (AvgIpc) is 2.04. The van der Waals surface area contributed by atoms with Gasteiger partial charge >= 0.3 is 6.18 Å². The Morgan fingerprint density at radius 2 is 2.08 bits per heavy atom. The SMILES string of the molecule is FC(F)(F)c1ccc(SCS)cn1. The van der Waals surface area contributed by atoms with Crippen molar-refractivity contribution in [3.63, 3.8) is 0 Å². The lowest BCUT2D eigenvalue weighted by Crippen LogP contribution is -2.06. The molecule has 0 aromatic carbocycles. The quantitative estimate of drug-likeness (QED) is 0.472. The highest BCUT2D eigenvalue weighted by Gasteiger charge is 2.31. The second kappa shape index (κ2) is 4.23. The van der Waals surface area contributed by atoms with E-state index in [1.807, 2.05) is 0 Å². The molecule has 0 amide bonds. The molecule has 0 aliphatic heterocycles. The Morgan fingerprint density at radius 1 is 1.38 bits per heavy atom. The molecule has 1 aromatic heterocycles. The molecule has 0 unspecified atom stereocenters. The van der Waals surface area contributed by atoms with E-state index in [-0.39, 0.29) is 0 Å². The van der Waals surface area contributed by atoms with Crippen molar-refractivity contribution in [2.75, 3.05) is 5.08 Å². The predicted octanol–water partition coefficient (Wildman–Crippen LogP) is 3.08. The Kier molecular flexibility index (Phi) is 3.49. The van der Waals surface area contributed by atoms with Crippen molar-refractivity contribution in [1.29, 1.82) is 0 Å². The third-order valence-corrected chi connectivity index (χ3v) is 2.35. The van der Waals surface area contributed by atoms with Crippen LogP contribution in [0.1, 0.15) is 5.69 Å². The van der Waals surface area contributed by atoms with Crippen LogP contribution in [0, 0.1) is 0 Å². The number of hydrogen-bond donors (Lipinski definition) is 1. The molecule has 72 valence electrons. The van der Waals surface area contributed by atoms with Gasteiger partial charge in [0.2, 0.25) is 0 Å². The molecule has 0 fully saturated rings. The predicted molar refractivity (Wildman–Crippen MR) is 48.9 cm³/mol. The number of thioether (sulfide) groups is 1. The summed E-state index contributed by atoms with van der Waals surface area (Å²) in [6.07, 6.45) is -3.16. The Bertz CT molecular complexity index is 270. The van der Waals surface area contributed by atoms with Crippen LogP contribution in [0.2, 0.25) is 0 Å². The van der Waals surface area contributed by atoms with Gasteiger partial charge in [-0.25, -0.2) is 0 Å². The second-order valence-corrected chi connectivity index (χ2v) is 3.94. The zero-order valence-corrected chi connectivity index (χ0v) is 8.09. The fourth-order valence-electron chi connectivity index (χ4n) is 0.708. The largest absolute Gasteiger partial charge is 0.433 e. The van der Waals surface area contributed by atoms with Crippen molar-refractivity contribution in [1.82, 2.24) is 4.98 Å². The van der Waals surface area contributed by atoms with Gasteiger partial charge in [0, 0.05) is 16.2 Å². The lowest BCUT2D eigenvalue weighted by molar-refractivity contribution is -0.141. The number of aromatic nitrogens is 1. The topological polar surface area (TPSA) is 12.9 Å². The van der Waals surface area contributed by atoms with Gasteiger partial charge in [0.1, 0.15) is 5.69 Å². The number of alkyl halides is 3. The van der Waals surface area contributed by atoms with E-state index < -0.39 is 11.9 Å². The summed E-state index contributed by atoms with van der Waals surface area (Å²) in [5.41, 5.74) is -0.865. The van der Waals surface area contributed by atoms with Gasteiger partial charge in [0.25, 0.3) is 0 Å². The first-order chi connectivity index (χ1) is 6.04. The Morgan fingerprint density at radius 3 is 2.46 bits per heavy atom. The smallest absolute Gasteiger partial charge is 0.251 e. The van der Waals surface area contributed by atoms with Gasteiger partial charge in [-0.1, -0.05) is 0 Å². The van der Waals surface area contributed by atoms with Gasteiger partial charge in [-0.3, -0.25) is 4.98 Å².